The number of nitrogens with zero attached hydrogens (tertiary/aromatic N) is 1. The number of rotatable bonds is 4. The number of aromatic nitrogens is 2. The van der Waals surface area contributed by atoms with Gasteiger partial charge in [0.2, 0.25) is 11.6 Å². The SMILES string of the molecule is CCCCCc1nc2c([nH]1)C(=O)c1ccccc1C2=O. The number of H-pyrrole nitrogens is 1. The van der Waals surface area contributed by atoms with Crippen LogP contribution in [0.5, 0.6) is 0 Å². The molecule has 1 heterocycles. The molecule has 1 aromatic carbocycles. The largest absolute Gasteiger partial charge is 0.339 e. The van der Waals surface area contributed by atoms with Gasteiger partial charge in [0.15, 0.2) is 0 Å². The van der Waals surface area contributed by atoms with E-state index >= 15 is 0 Å². The molecule has 4 heteroatoms. The lowest BCUT2D eigenvalue weighted by Gasteiger charge is -2.11. The Morgan fingerprint density at radius 2 is 1.75 bits per heavy atom. The van der Waals surface area contributed by atoms with Crippen LogP contribution in [0.2, 0.25) is 0 Å². The summed E-state index contributed by atoms with van der Waals surface area (Å²) in [5.41, 5.74) is 1.55. The predicted octanol–water partition coefficient (Wildman–Crippen LogP) is 2.92. The van der Waals surface area contributed by atoms with Crippen molar-refractivity contribution < 1.29 is 9.59 Å². The molecular formula is C16H16N2O2. The molecule has 0 saturated carbocycles. The summed E-state index contributed by atoms with van der Waals surface area (Å²) in [7, 11) is 0. The van der Waals surface area contributed by atoms with Gasteiger partial charge in [-0.2, -0.15) is 0 Å². The number of carbonyl (C=O) groups excluding carboxylic acids is 2. The Morgan fingerprint density at radius 3 is 2.45 bits per heavy atom. The number of carbonyl (C=O) groups is 2. The number of unbranched alkanes of at least 4 members (excludes halogenated alkanes) is 2. The molecule has 0 spiro atoms. The molecule has 0 unspecified atom stereocenters. The van der Waals surface area contributed by atoms with Gasteiger partial charge in [-0.25, -0.2) is 4.98 Å². The fraction of sp³-hybridized carbons (Fsp3) is 0.312. The molecule has 1 aromatic heterocycles. The average molecular weight is 268 g/mol. The topological polar surface area (TPSA) is 62.8 Å². The van der Waals surface area contributed by atoms with Gasteiger partial charge in [-0.1, -0.05) is 44.0 Å². The van der Waals surface area contributed by atoms with Crippen molar-refractivity contribution in [1.82, 2.24) is 9.97 Å². The summed E-state index contributed by atoms with van der Waals surface area (Å²) in [6.07, 6.45) is 4.03. The molecule has 4 nitrogen and oxygen atoms in total. The second-order valence-electron chi connectivity index (χ2n) is 5.07. The number of aryl methyl sites for hydroxylation is 1. The summed E-state index contributed by atoms with van der Waals surface area (Å²) < 4.78 is 0. The highest BCUT2D eigenvalue weighted by Crippen LogP contribution is 2.25. The lowest BCUT2D eigenvalue weighted by Crippen LogP contribution is -2.20. The van der Waals surface area contributed by atoms with Crippen molar-refractivity contribution in [3.63, 3.8) is 0 Å². The minimum absolute atomic E-state index is 0.135. The fourth-order valence-electron chi connectivity index (χ4n) is 2.55. The fourth-order valence-corrected chi connectivity index (χ4v) is 2.55. The first-order valence-corrected chi connectivity index (χ1v) is 6.99. The average Bonchev–Trinajstić information content (AvgIpc) is 2.90. The third-order valence-electron chi connectivity index (χ3n) is 3.63. The maximum Gasteiger partial charge on any atom is 0.214 e. The van der Waals surface area contributed by atoms with Gasteiger partial charge >= 0.3 is 0 Å². The zero-order valence-electron chi connectivity index (χ0n) is 11.4. The second-order valence-corrected chi connectivity index (χ2v) is 5.07. The zero-order valence-corrected chi connectivity index (χ0v) is 11.4. The molecule has 0 aliphatic heterocycles. The molecular weight excluding hydrogens is 252 g/mol. The van der Waals surface area contributed by atoms with Crippen LogP contribution in [0.4, 0.5) is 0 Å². The summed E-state index contributed by atoms with van der Waals surface area (Å²) in [4.78, 5) is 32.1. The van der Waals surface area contributed by atoms with E-state index in [-0.39, 0.29) is 17.3 Å². The van der Waals surface area contributed by atoms with Crippen LogP contribution >= 0.6 is 0 Å². The second kappa shape index (κ2) is 5.04. The summed E-state index contributed by atoms with van der Waals surface area (Å²) >= 11 is 0. The number of nitrogens with one attached hydrogen (secondary N) is 1. The van der Waals surface area contributed by atoms with Crippen molar-refractivity contribution in [2.24, 2.45) is 0 Å². The van der Waals surface area contributed by atoms with Crippen LogP contribution in [-0.2, 0) is 6.42 Å². The lowest BCUT2D eigenvalue weighted by atomic mass is 9.90. The van der Waals surface area contributed by atoms with Gasteiger partial charge in [0.05, 0.1) is 0 Å². The van der Waals surface area contributed by atoms with E-state index in [0.29, 0.717) is 16.8 Å². The Labute approximate surface area is 117 Å². The number of fused-ring (bicyclic) bond motifs is 2. The van der Waals surface area contributed by atoms with E-state index in [0.717, 1.165) is 31.5 Å². The van der Waals surface area contributed by atoms with Crippen LogP contribution in [0.1, 0.15) is 64.1 Å². The highest BCUT2D eigenvalue weighted by atomic mass is 16.1. The van der Waals surface area contributed by atoms with Gasteiger partial charge in [-0.05, 0) is 6.42 Å². The molecule has 0 fully saturated rings. The van der Waals surface area contributed by atoms with Gasteiger partial charge < -0.3 is 4.98 Å². The molecule has 0 bridgehead atoms. The van der Waals surface area contributed by atoms with Crippen molar-refractivity contribution in [3.8, 4) is 0 Å². The van der Waals surface area contributed by atoms with Gasteiger partial charge in [-0.3, -0.25) is 9.59 Å². The molecule has 3 rings (SSSR count). The Bertz CT molecular complexity index is 633. The van der Waals surface area contributed by atoms with E-state index in [1.807, 2.05) is 0 Å². The summed E-state index contributed by atoms with van der Waals surface area (Å²) in [5.74, 6) is 0.440. The van der Waals surface area contributed by atoms with Crippen molar-refractivity contribution in [1.29, 1.82) is 0 Å². The molecule has 20 heavy (non-hydrogen) atoms. The Balaban J connectivity index is 1.97. The monoisotopic (exact) mass is 268 g/mol. The third-order valence-corrected chi connectivity index (χ3v) is 3.63. The quantitative estimate of drug-likeness (QED) is 0.740. The number of benzene rings is 1. The van der Waals surface area contributed by atoms with Gasteiger partial charge in [0, 0.05) is 17.5 Å². The molecule has 102 valence electrons. The molecule has 2 aromatic rings. The number of hydrogen-bond donors (Lipinski definition) is 1. The third kappa shape index (κ3) is 1.97. The molecule has 0 saturated heterocycles. The Morgan fingerprint density at radius 1 is 1.05 bits per heavy atom. The van der Waals surface area contributed by atoms with Gasteiger partial charge in [-0.15, -0.1) is 0 Å². The zero-order chi connectivity index (χ0) is 14.1. The first kappa shape index (κ1) is 12.8. The van der Waals surface area contributed by atoms with E-state index in [9.17, 15) is 9.59 Å². The van der Waals surface area contributed by atoms with Crippen LogP contribution in [0, 0.1) is 0 Å². The van der Waals surface area contributed by atoms with E-state index in [1.165, 1.54) is 0 Å². The number of aromatic amines is 1. The molecule has 1 aliphatic rings. The van der Waals surface area contributed by atoms with Crippen LogP contribution in [0.15, 0.2) is 24.3 Å². The maximum absolute atomic E-state index is 12.4. The summed E-state index contributed by atoms with van der Waals surface area (Å²) in [6, 6.07) is 6.91. The number of imidazole rings is 1. The molecule has 1 N–H and O–H groups in total. The summed E-state index contributed by atoms with van der Waals surface area (Å²) in [6.45, 7) is 2.14. The van der Waals surface area contributed by atoms with E-state index in [1.54, 1.807) is 24.3 Å². The highest BCUT2D eigenvalue weighted by molar-refractivity contribution is 6.26. The van der Waals surface area contributed by atoms with Gasteiger partial charge in [0.25, 0.3) is 0 Å². The van der Waals surface area contributed by atoms with E-state index in [4.69, 9.17) is 0 Å². The van der Waals surface area contributed by atoms with Crippen molar-refractivity contribution >= 4 is 11.6 Å². The van der Waals surface area contributed by atoms with Crippen LogP contribution in [-0.4, -0.2) is 21.5 Å². The predicted molar refractivity (Wildman–Crippen MR) is 75.1 cm³/mol. The molecule has 0 atom stereocenters. The van der Waals surface area contributed by atoms with Crippen molar-refractivity contribution in [3.05, 3.63) is 52.6 Å². The molecule has 0 radical (unpaired) electrons. The van der Waals surface area contributed by atoms with E-state index in [2.05, 4.69) is 16.9 Å². The lowest BCUT2D eigenvalue weighted by molar-refractivity contribution is 0.0974. The standard InChI is InChI=1S/C16H16N2O2/c1-2-3-4-9-12-17-13-14(18-12)16(20)11-8-6-5-7-10(11)15(13)19/h5-8H,2-4,9H2,1H3,(H,17,18). The first-order valence-electron chi connectivity index (χ1n) is 6.99. The number of ketones is 2. The normalized spacial score (nSPS) is 13.2. The first-order chi connectivity index (χ1) is 9.72. The Kier molecular flexibility index (Phi) is 3.22. The molecule has 1 aliphatic carbocycles. The highest BCUT2D eigenvalue weighted by Gasteiger charge is 2.32. The molecule has 0 amide bonds. The van der Waals surface area contributed by atoms with Crippen LogP contribution in [0.25, 0.3) is 0 Å². The Hall–Kier alpha value is -2.23. The van der Waals surface area contributed by atoms with Crippen LogP contribution < -0.4 is 0 Å². The number of hydrogen-bond acceptors (Lipinski definition) is 3. The minimum Gasteiger partial charge on any atom is -0.339 e. The summed E-state index contributed by atoms with van der Waals surface area (Å²) in [5, 5.41) is 0. The van der Waals surface area contributed by atoms with Gasteiger partial charge in [0.1, 0.15) is 17.2 Å². The minimum atomic E-state index is -0.159. The van der Waals surface area contributed by atoms with E-state index < -0.39 is 0 Å². The van der Waals surface area contributed by atoms with Crippen molar-refractivity contribution in [2.45, 2.75) is 32.6 Å². The smallest absolute Gasteiger partial charge is 0.214 e. The van der Waals surface area contributed by atoms with Crippen molar-refractivity contribution in [2.75, 3.05) is 0 Å². The maximum atomic E-state index is 12.4. The van der Waals surface area contributed by atoms with Crippen LogP contribution in [0.3, 0.4) is 0 Å².